The number of carbonyl (C=O) groups is 3. The van der Waals surface area contributed by atoms with E-state index < -0.39 is 0 Å². The molecule has 5 nitrogen and oxygen atoms in total. The summed E-state index contributed by atoms with van der Waals surface area (Å²) in [5.74, 6) is -0.671. The molecule has 0 unspecified atom stereocenters. The highest BCUT2D eigenvalue weighted by Crippen LogP contribution is 2.30. The molecule has 3 aromatic rings. The van der Waals surface area contributed by atoms with Crippen LogP contribution in [0, 0.1) is 6.92 Å². The number of benzene rings is 3. The van der Waals surface area contributed by atoms with Crippen LogP contribution in [-0.4, -0.2) is 35.7 Å². The first-order valence-corrected chi connectivity index (χ1v) is 9.76. The highest BCUT2D eigenvalue weighted by molar-refractivity contribution is 6.25. The minimum Gasteiger partial charge on any atom is -0.311 e. The first kappa shape index (κ1) is 18.9. The second-order valence-electron chi connectivity index (χ2n) is 7.21. The Morgan fingerprint density at radius 1 is 0.931 bits per heavy atom. The van der Waals surface area contributed by atoms with E-state index in [9.17, 15) is 14.4 Å². The second-order valence-corrected chi connectivity index (χ2v) is 7.21. The monoisotopic (exact) mass is 386 g/mol. The summed E-state index contributed by atoms with van der Waals surface area (Å²) in [6.07, 6.45) is 0.345. The van der Waals surface area contributed by atoms with Crippen molar-refractivity contribution in [1.82, 2.24) is 4.90 Å². The van der Waals surface area contributed by atoms with E-state index in [-0.39, 0.29) is 30.8 Å². The summed E-state index contributed by atoms with van der Waals surface area (Å²) < 4.78 is 0. The van der Waals surface area contributed by atoms with Crippen LogP contribution in [0.2, 0.25) is 0 Å². The molecular formula is C24H22N2O3. The Balaban J connectivity index is 1.64. The largest absolute Gasteiger partial charge is 0.311 e. The molecule has 29 heavy (non-hydrogen) atoms. The van der Waals surface area contributed by atoms with Gasteiger partial charge in [-0.25, -0.2) is 0 Å². The van der Waals surface area contributed by atoms with Crippen molar-refractivity contribution in [3.8, 4) is 0 Å². The van der Waals surface area contributed by atoms with Crippen LogP contribution in [0.3, 0.4) is 0 Å². The van der Waals surface area contributed by atoms with Crippen LogP contribution in [0.5, 0.6) is 0 Å². The highest BCUT2D eigenvalue weighted by Gasteiger charge is 2.33. The predicted molar refractivity (Wildman–Crippen MR) is 113 cm³/mol. The lowest BCUT2D eigenvalue weighted by molar-refractivity contribution is -0.118. The molecule has 3 aromatic carbocycles. The highest BCUT2D eigenvalue weighted by atomic mass is 16.2. The molecule has 1 aliphatic rings. The predicted octanol–water partition coefficient (Wildman–Crippen LogP) is 4.19. The van der Waals surface area contributed by atoms with Crippen LogP contribution < -0.4 is 4.90 Å². The van der Waals surface area contributed by atoms with Crippen LogP contribution >= 0.6 is 0 Å². The molecule has 3 amide bonds. The number of hydrogen-bond acceptors (Lipinski definition) is 3. The van der Waals surface area contributed by atoms with Crippen molar-refractivity contribution in [2.24, 2.45) is 0 Å². The van der Waals surface area contributed by atoms with Gasteiger partial charge in [-0.3, -0.25) is 19.3 Å². The maximum Gasteiger partial charge on any atom is 0.261 e. The minimum atomic E-state index is -0.313. The summed E-state index contributed by atoms with van der Waals surface area (Å²) in [6, 6.07) is 18.6. The first-order valence-electron chi connectivity index (χ1n) is 9.76. The average Bonchev–Trinajstić information content (AvgIpc) is 2.74. The van der Waals surface area contributed by atoms with Gasteiger partial charge in [0.05, 0.1) is 0 Å². The third-order valence-electron chi connectivity index (χ3n) is 5.32. The molecular weight excluding hydrogens is 364 g/mol. The van der Waals surface area contributed by atoms with Gasteiger partial charge in [-0.15, -0.1) is 0 Å². The second kappa shape index (κ2) is 7.51. The van der Waals surface area contributed by atoms with Gasteiger partial charge in [-0.1, -0.05) is 43.3 Å². The van der Waals surface area contributed by atoms with Gasteiger partial charge in [0.1, 0.15) is 0 Å². The molecule has 0 radical (unpaired) electrons. The topological polar surface area (TPSA) is 57.7 Å². The van der Waals surface area contributed by atoms with Crippen LogP contribution in [-0.2, 0) is 4.79 Å². The summed E-state index contributed by atoms with van der Waals surface area (Å²) in [5.41, 5.74) is 2.88. The zero-order valence-corrected chi connectivity index (χ0v) is 16.5. The molecule has 0 saturated heterocycles. The van der Waals surface area contributed by atoms with Gasteiger partial charge in [-0.2, -0.15) is 0 Å². The number of aryl methyl sites for hydroxylation is 1. The number of anilines is 1. The number of hydrogen-bond donors (Lipinski definition) is 0. The van der Waals surface area contributed by atoms with Gasteiger partial charge >= 0.3 is 0 Å². The van der Waals surface area contributed by atoms with Gasteiger partial charge in [0, 0.05) is 41.7 Å². The molecule has 1 aliphatic heterocycles. The molecule has 0 bridgehead atoms. The number of amides is 3. The van der Waals surface area contributed by atoms with E-state index in [1.807, 2.05) is 55.5 Å². The third kappa shape index (κ3) is 3.29. The van der Waals surface area contributed by atoms with E-state index in [1.165, 1.54) is 4.90 Å². The van der Waals surface area contributed by atoms with Crippen molar-refractivity contribution in [2.75, 3.05) is 18.0 Å². The van der Waals surface area contributed by atoms with Crippen LogP contribution in [0.4, 0.5) is 5.69 Å². The Bertz CT molecular complexity index is 1090. The van der Waals surface area contributed by atoms with Crippen molar-refractivity contribution >= 4 is 34.2 Å². The number of imide groups is 1. The average molecular weight is 386 g/mol. The summed E-state index contributed by atoms with van der Waals surface area (Å²) in [7, 11) is 0. The minimum absolute atomic E-state index is 0.0463. The summed E-state index contributed by atoms with van der Waals surface area (Å²) in [6.45, 7) is 4.17. The lowest BCUT2D eigenvalue weighted by Gasteiger charge is -2.30. The molecule has 0 saturated carbocycles. The molecule has 1 heterocycles. The van der Waals surface area contributed by atoms with Gasteiger partial charge in [-0.05, 0) is 42.1 Å². The van der Waals surface area contributed by atoms with Gasteiger partial charge < -0.3 is 4.90 Å². The molecule has 4 rings (SSSR count). The SMILES string of the molecule is CCC(=O)N(CCN1C(=O)c2cccc3cccc(c23)C1=O)c1cccc(C)c1. The quantitative estimate of drug-likeness (QED) is 0.618. The molecule has 0 spiro atoms. The van der Waals surface area contributed by atoms with E-state index in [4.69, 9.17) is 0 Å². The van der Waals surface area contributed by atoms with Crippen molar-refractivity contribution in [2.45, 2.75) is 20.3 Å². The summed E-state index contributed by atoms with van der Waals surface area (Å²) in [5, 5.41) is 1.59. The van der Waals surface area contributed by atoms with Crippen molar-refractivity contribution in [3.05, 3.63) is 77.4 Å². The fourth-order valence-electron chi connectivity index (χ4n) is 3.87. The molecule has 146 valence electrons. The lowest BCUT2D eigenvalue weighted by Crippen LogP contribution is -2.45. The standard InChI is InChI=1S/C24H22N2O3/c1-3-21(27)25(18-10-4-7-16(2)15-18)13-14-26-23(28)19-11-5-8-17-9-6-12-20(22(17)19)24(26)29/h4-12,15H,3,13-14H2,1-2H3. The molecule has 0 fully saturated rings. The molecule has 0 aliphatic carbocycles. The Morgan fingerprint density at radius 2 is 1.55 bits per heavy atom. The number of rotatable bonds is 5. The maximum absolute atomic E-state index is 13.1. The smallest absolute Gasteiger partial charge is 0.261 e. The zero-order valence-electron chi connectivity index (χ0n) is 16.5. The van der Waals surface area contributed by atoms with E-state index >= 15 is 0 Å². The van der Waals surface area contributed by atoms with E-state index in [0.29, 0.717) is 22.9 Å². The van der Waals surface area contributed by atoms with Crippen LogP contribution in [0.15, 0.2) is 60.7 Å². The van der Waals surface area contributed by atoms with Gasteiger partial charge in [0.25, 0.3) is 11.8 Å². The molecule has 0 atom stereocenters. The summed E-state index contributed by atoms with van der Waals surface area (Å²) >= 11 is 0. The molecule has 5 heteroatoms. The number of carbonyl (C=O) groups excluding carboxylic acids is 3. The molecule has 0 aromatic heterocycles. The van der Waals surface area contributed by atoms with E-state index in [0.717, 1.165) is 16.6 Å². The van der Waals surface area contributed by atoms with E-state index in [1.54, 1.807) is 24.0 Å². The van der Waals surface area contributed by atoms with Crippen LogP contribution in [0.25, 0.3) is 10.8 Å². The Hall–Kier alpha value is -3.47. The molecule has 0 N–H and O–H groups in total. The zero-order chi connectivity index (χ0) is 20.5. The fourth-order valence-corrected chi connectivity index (χ4v) is 3.87. The third-order valence-corrected chi connectivity index (χ3v) is 5.32. The Labute approximate surface area is 169 Å². The lowest BCUT2D eigenvalue weighted by atomic mass is 9.94. The Morgan fingerprint density at radius 3 is 2.14 bits per heavy atom. The summed E-state index contributed by atoms with van der Waals surface area (Å²) in [4.78, 5) is 41.6. The van der Waals surface area contributed by atoms with Crippen LogP contribution in [0.1, 0.15) is 39.6 Å². The van der Waals surface area contributed by atoms with Gasteiger partial charge in [0.2, 0.25) is 5.91 Å². The number of nitrogens with zero attached hydrogens (tertiary/aromatic N) is 2. The van der Waals surface area contributed by atoms with Crippen molar-refractivity contribution in [3.63, 3.8) is 0 Å². The first-order chi connectivity index (χ1) is 14.0. The Kier molecular flexibility index (Phi) is 4.89. The maximum atomic E-state index is 13.1. The van der Waals surface area contributed by atoms with Gasteiger partial charge in [0.15, 0.2) is 0 Å². The normalized spacial score (nSPS) is 13.1. The van der Waals surface area contributed by atoms with Crippen molar-refractivity contribution in [1.29, 1.82) is 0 Å². The van der Waals surface area contributed by atoms with E-state index in [2.05, 4.69) is 0 Å². The van der Waals surface area contributed by atoms with Crippen molar-refractivity contribution < 1.29 is 14.4 Å². The fraction of sp³-hybridized carbons (Fsp3) is 0.208.